The van der Waals surface area contributed by atoms with Crippen molar-refractivity contribution in [2.45, 2.75) is 0 Å². The minimum Gasteiger partial charge on any atom is -0.303 e. The molecule has 0 radical (unpaired) electrons. The number of phosphoric ester groups is 1. The Morgan fingerprint density at radius 3 is 1.94 bits per heavy atom. The van der Waals surface area contributed by atoms with Crippen LogP contribution in [0.25, 0.3) is 11.0 Å². The van der Waals surface area contributed by atoms with Gasteiger partial charge >= 0.3 is 7.82 Å². The van der Waals surface area contributed by atoms with Crippen LogP contribution in [0.2, 0.25) is 0 Å². The van der Waals surface area contributed by atoms with Gasteiger partial charge in [0.15, 0.2) is 0 Å². The maximum atomic E-state index is 10.1. The number of nitrogens with one attached hydrogen (secondary N) is 1. The summed E-state index contributed by atoms with van der Waals surface area (Å²) < 4.78 is 18.0. The Balaban J connectivity index is 0.000000168. The first kappa shape index (κ1) is 12.8. The molecule has 1 heterocycles. The highest BCUT2D eigenvalue weighted by Crippen LogP contribution is 2.40. The minimum atomic E-state index is -3.65. The van der Waals surface area contributed by atoms with Gasteiger partial charge in [-0.25, -0.2) is 4.57 Å². The molecule has 0 spiro atoms. The van der Waals surface area contributed by atoms with Gasteiger partial charge in [-0.15, -0.1) is 0 Å². The first-order chi connectivity index (χ1) is 7.59. The Bertz CT molecular complexity index is 449. The molecule has 0 aliphatic heterocycles. The Hall–Kier alpha value is -1.27. The summed E-state index contributed by atoms with van der Waals surface area (Å²) in [5.41, 5.74) is 1.83. The number of aromatic amines is 1. The molecule has 88 valence electrons. The monoisotopic (exact) mass is 245 g/mol. The Morgan fingerprint density at radius 1 is 1.19 bits per heavy atom. The molecule has 0 aliphatic rings. The van der Waals surface area contributed by atoms with Gasteiger partial charge in [0.2, 0.25) is 0 Å². The maximum Gasteiger partial charge on any atom is 0.471 e. The van der Waals surface area contributed by atoms with Crippen LogP contribution in [0.5, 0.6) is 0 Å². The summed E-state index contributed by atoms with van der Waals surface area (Å²) in [4.78, 5) is 8.24. The highest BCUT2D eigenvalue weighted by atomic mass is 31.2. The highest BCUT2D eigenvalue weighted by Gasteiger charge is 2.13. The van der Waals surface area contributed by atoms with Crippen LogP contribution in [-0.4, -0.2) is 34.5 Å². The highest BCUT2D eigenvalue weighted by molar-refractivity contribution is 7.47. The number of rotatable bonds is 2. The molecule has 0 atom stereocenters. The fourth-order valence-corrected chi connectivity index (χ4v) is 1.01. The average Bonchev–Trinajstić information content (AvgIpc) is 2.78. The number of hydrogen-bond acceptors (Lipinski definition) is 5. The zero-order valence-electron chi connectivity index (χ0n) is 8.82. The van der Waals surface area contributed by atoms with E-state index in [0.29, 0.717) is 0 Å². The number of para-hydroxylation sites is 2. The van der Waals surface area contributed by atoms with Gasteiger partial charge in [0.05, 0.1) is 0 Å². The van der Waals surface area contributed by atoms with Gasteiger partial charge in [-0.3, -0.25) is 9.05 Å². The summed E-state index contributed by atoms with van der Waals surface area (Å²) in [5.74, 6) is 0. The number of phosphoric acid groups is 1. The van der Waals surface area contributed by atoms with Crippen LogP contribution in [0.15, 0.2) is 24.3 Å². The van der Waals surface area contributed by atoms with Crippen molar-refractivity contribution < 1.29 is 18.5 Å². The quantitative estimate of drug-likeness (QED) is 0.775. The standard InChI is InChI=1S/C6H5N3.C2H7O4P/c1-2-4-6-5(3-1)7-9-8-6;1-5-7(3,4)6-2/h1-4H,(H,7,8,9);1-2H3,(H,3,4). The molecule has 0 amide bonds. The van der Waals surface area contributed by atoms with E-state index in [9.17, 15) is 4.57 Å². The van der Waals surface area contributed by atoms with Gasteiger partial charge in [-0.05, 0) is 12.1 Å². The Labute approximate surface area is 92.0 Å². The predicted octanol–water partition coefficient (Wildman–Crippen LogP) is 1.34. The normalized spacial score (nSPS) is 10.9. The third kappa shape index (κ3) is 3.71. The molecule has 0 bridgehead atoms. The molecule has 0 fully saturated rings. The molecule has 0 aliphatic carbocycles. The van der Waals surface area contributed by atoms with Crippen LogP contribution in [0.1, 0.15) is 0 Å². The topological polar surface area (TPSA) is 97.3 Å². The summed E-state index contributed by atoms with van der Waals surface area (Å²) >= 11 is 0. The molecule has 7 nitrogen and oxygen atoms in total. The lowest BCUT2D eigenvalue weighted by Crippen LogP contribution is -1.83. The third-order valence-electron chi connectivity index (χ3n) is 1.68. The lowest BCUT2D eigenvalue weighted by atomic mass is 10.3. The summed E-state index contributed by atoms with van der Waals surface area (Å²) in [5, 5.41) is 10.3. The van der Waals surface area contributed by atoms with Gasteiger partial charge in [0.1, 0.15) is 11.0 Å². The third-order valence-corrected chi connectivity index (χ3v) is 2.61. The van der Waals surface area contributed by atoms with E-state index in [0.717, 1.165) is 25.3 Å². The summed E-state index contributed by atoms with van der Waals surface area (Å²) in [7, 11) is -1.45. The molecule has 2 N–H and O–H groups in total. The molecule has 2 rings (SSSR count). The summed E-state index contributed by atoms with van der Waals surface area (Å²) in [6.07, 6.45) is 0. The van der Waals surface area contributed by atoms with E-state index in [1.807, 2.05) is 24.3 Å². The summed E-state index contributed by atoms with van der Waals surface area (Å²) in [6, 6.07) is 7.70. The van der Waals surface area contributed by atoms with Gasteiger partial charge in [0, 0.05) is 14.2 Å². The second-order valence-electron chi connectivity index (χ2n) is 2.65. The number of benzene rings is 1. The van der Waals surface area contributed by atoms with Crippen molar-refractivity contribution >= 4 is 18.9 Å². The SMILES string of the molecule is COP(=O)(O)OC.c1ccc2n[nH]nc2c1. The average molecular weight is 245 g/mol. The van der Waals surface area contributed by atoms with Gasteiger partial charge < -0.3 is 4.89 Å². The van der Waals surface area contributed by atoms with Crippen LogP contribution in [0.3, 0.4) is 0 Å². The van der Waals surface area contributed by atoms with Crippen molar-refractivity contribution in [1.29, 1.82) is 0 Å². The van der Waals surface area contributed by atoms with E-state index in [1.54, 1.807) is 0 Å². The molecule has 2 aromatic rings. The Kier molecular flexibility index (Phi) is 4.57. The lowest BCUT2D eigenvalue weighted by molar-refractivity contribution is 0.204. The molecule has 1 aromatic carbocycles. The lowest BCUT2D eigenvalue weighted by Gasteiger charge is -2.01. The number of nitrogens with zero attached hydrogens (tertiary/aromatic N) is 2. The second kappa shape index (κ2) is 5.72. The van der Waals surface area contributed by atoms with Crippen molar-refractivity contribution in [2.24, 2.45) is 0 Å². The van der Waals surface area contributed by atoms with Crippen LogP contribution in [0.4, 0.5) is 0 Å². The molecule has 0 saturated heterocycles. The Morgan fingerprint density at radius 2 is 1.62 bits per heavy atom. The van der Waals surface area contributed by atoms with Crippen LogP contribution in [-0.2, 0) is 13.6 Å². The summed E-state index contributed by atoms with van der Waals surface area (Å²) in [6.45, 7) is 0. The molecule has 16 heavy (non-hydrogen) atoms. The zero-order chi connectivity index (χ0) is 12.0. The van der Waals surface area contributed by atoms with E-state index in [4.69, 9.17) is 4.89 Å². The largest absolute Gasteiger partial charge is 0.471 e. The molecule has 0 saturated carbocycles. The first-order valence-electron chi connectivity index (χ1n) is 4.29. The fraction of sp³-hybridized carbons (Fsp3) is 0.250. The second-order valence-corrected chi connectivity index (χ2v) is 4.31. The maximum absolute atomic E-state index is 10.1. The number of fused-ring (bicyclic) bond motifs is 1. The zero-order valence-corrected chi connectivity index (χ0v) is 9.72. The van der Waals surface area contributed by atoms with Crippen molar-refractivity contribution in [2.75, 3.05) is 14.2 Å². The van der Waals surface area contributed by atoms with Crippen LogP contribution >= 0.6 is 7.82 Å². The smallest absolute Gasteiger partial charge is 0.303 e. The molecular formula is C8H12N3O4P. The van der Waals surface area contributed by atoms with E-state index in [-0.39, 0.29) is 0 Å². The number of hydrogen-bond donors (Lipinski definition) is 2. The minimum absolute atomic E-state index is 0.914. The van der Waals surface area contributed by atoms with Crippen molar-refractivity contribution in [3.8, 4) is 0 Å². The number of aromatic nitrogens is 3. The van der Waals surface area contributed by atoms with Gasteiger partial charge in [-0.1, -0.05) is 12.1 Å². The van der Waals surface area contributed by atoms with Gasteiger partial charge in [0.25, 0.3) is 0 Å². The first-order valence-corrected chi connectivity index (χ1v) is 5.78. The van der Waals surface area contributed by atoms with Crippen LogP contribution in [0, 0.1) is 0 Å². The van der Waals surface area contributed by atoms with E-state index >= 15 is 0 Å². The van der Waals surface area contributed by atoms with Crippen molar-refractivity contribution in [3.63, 3.8) is 0 Å². The van der Waals surface area contributed by atoms with E-state index in [1.165, 1.54) is 0 Å². The molecule has 0 unspecified atom stereocenters. The molecule has 1 aromatic heterocycles. The van der Waals surface area contributed by atoms with Crippen molar-refractivity contribution in [1.82, 2.24) is 15.4 Å². The van der Waals surface area contributed by atoms with Crippen molar-refractivity contribution in [3.05, 3.63) is 24.3 Å². The molecule has 8 heteroatoms. The number of H-pyrrole nitrogens is 1. The fourth-order valence-electron chi connectivity index (χ4n) is 0.861. The van der Waals surface area contributed by atoms with Gasteiger partial charge in [-0.2, -0.15) is 15.4 Å². The predicted molar refractivity (Wildman–Crippen MR) is 57.7 cm³/mol. The molecular weight excluding hydrogens is 233 g/mol. The van der Waals surface area contributed by atoms with Crippen LogP contribution < -0.4 is 0 Å². The van der Waals surface area contributed by atoms with E-state index in [2.05, 4.69) is 24.5 Å². The van der Waals surface area contributed by atoms with E-state index < -0.39 is 7.82 Å².